The lowest BCUT2D eigenvalue weighted by molar-refractivity contribution is 0.234. The summed E-state index contributed by atoms with van der Waals surface area (Å²) in [6.45, 7) is 10.8. The molecule has 0 saturated carbocycles. The van der Waals surface area contributed by atoms with E-state index in [0.717, 1.165) is 68.8 Å². The van der Waals surface area contributed by atoms with Gasteiger partial charge in [0.15, 0.2) is 11.5 Å². The summed E-state index contributed by atoms with van der Waals surface area (Å²) >= 11 is 3.60. The predicted octanol–water partition coefficient (Wildman–Crippen LogP) is 13.0. The number of anilines is 1. The molecule has 48 heavy (non-hydrogen) atoms. The van der Waals surface area contributed by atoms with Crippen LogP contribution in [0.5, 0.6) is 17.2 Å². The van der Waals surface area contributed by atoms with Gasteiger partial charge in [0.05, 0.1) is 37.2 Å². The zero-order chi connectivity index (χ0) is 34.2. The van der Waals surface area contributed by atoms with Gasteiger partial charge >= 0.3 is 0 Å². The van der Waals surface area contributed by atoms with E-state index in [0.29, 0.717) is 19.8 Å². The van der Waals surface area contributed by atoms with E-state index >= 15 is 0 Å². The van der Waals surface area contributed by atoms with E-state index in [9.17, 15) is 0 Å². The Bertz CT molecular complexity index is 1310. The lowest BCUT2D eigenvalue weighted by Gasteiger charge is -2.18. The van der Waals surface area contributed by atoms with E-state index in [2.05, 4.69) is 58.3 Å². The van der Waals surface area contributed by atoms with E-state index in [1.165, 1.54) is 96.3 Å². The molecule has 0 aliphatic heterocycles. The first kappa shape index (κ1) is 39.6. The van der Waals surface area contributed by atoms with E-state index < -0.39 is 0 Å². The molecular weight excluding hydrogens is 662 g/mol. The molecule has 0 atom stereocenters. The molecule has 0 amide bonds. The van der Waals surface area contributed by atoms with Crippen LogP contribution in [0.3, 0.4) is 0 Å². The third kappa shape index (κ3) is 15.2. The highest BCUT2D eigenvalue weighted by molar-refractivity contribution is 9.10. The monoisotopic (exact) mass is 723 g/mol. The van der Waals surface area contributed by atoms with Gasteiger partial charge in [-0.2, -0.15) is 5.10 Å². The highest BCUT2D eigenvalue weighted by Crippen LogP contribution is 2.39. The summed E-state index contributed by atoms with van der Waals surface area (Å²) in [7, 11) is 0. The quantitative estimate of drug-likeness (QED) is 0.0482. The van der Waals surface area contributed by atoms with Crippen molar-refractivity contribution in [2.45, 2.75) is 143 Å². The van der Waals surface area contributed by atoms with Crippen LogP contribution in [-0.4, -0.2) is 31.0 Å². The molecule has 0 spiro atoms. The maximum atomic E-state index is 6.47. The fourth-order valence-electron chi connectivity index (χ4n) is 5.81. The van der Waals surface area contributed by atoms with Crippen LogP contribution >= 0.6 is 15.9 Å². The molecule has 0 bridgehead atoms. The van der Waals surface area contributed by atoms with Crippen molar-refractivity contribution in [2.24, 2.45) is 5.10 Å². The predicted molar refractivity (Wildman–Crippen MR) is 208 cm³/mol. The maximum absolute atomic E-state index is 6.47. The number of nitrogens with zero attached hydrogens (tertiary/aromatic N) is 2. The largest absolute Gasteiger partial charge is 0.490 e. The number of hydrogen-bond donors (Lipinski definition) is 1. The number of pyridine rings is 1. The molecule has 0 unspecified atom stereocenters. The third-order valence-electron chi connectivity index (χ3n) is 8.60. The van der Waals surface area contributed by atoms with Gasteiger partial charge in [-0.25, -0.2) is 0 Å². The molecule has 2 aromatic carbocycles. The number of hydrazone groups is 1. The average molecular weight is 725 g/mol. The molecule has 3 rings (SSSR count). The molecule has 0 saturated heterocycles. The summed E-state index contributed by atoms with van der Waals surface area (Å²) in [4.78, 5) is 4.68. The van der Waals surface area contributed by atoms with Crippen LogP contribution < -0.4 is 19.6 Å². The Morgan fingerprint density at radius 3 is 1.69 bits per heavy atom. The van der Waals surface area contributed by atoms with Crippen LogP contribution in [0.1, 0.15) is 148 Å². The minimum Gasteiger partial charge on any atom is -0.490 e. The molecule has 0 aliphatic carbocycles. The van der Waals surface area contributed by atoms with Crippen LogP contribution in [0.4, 0.5) is 5.69 Å². The third-order valence-corrected chi connectivity index (χ3v) is 9.09. The smallest absolute Gasteiger partial charge is 0.203 e. The second-order valence-corrected chi connectivity index (χ2v) is 14.0. The Kier molecular flexibility index (Phi) is 20.1. The highest BCUT2D eigenvalue weighted by atomic mass is 79.9. The number of rotatable bonds is 27. The van der Waals surface area contributed by atoms with Gasteiger partial charge in [-0.15, -0.1) is 0 Å². The second-order valence-electron chi connectivity index (χ2n) is 13.0. The van der Waals surface area contributed by atoms with Gasteiger partial charge in [0, 0.05) is 21.1 Å². The van der Waals surface area contributed by atoms with Crippen LogP contribution in [0.2, 0.25) is 0 Å². The van der Waals surface area contributed by atoms with Crippen molar-refractivity contribution in [1.29, 1.82) is 0 Å². The molecular formula is C41H62BrN3O3. The number of aryl methyl sites for hydroxylation is 1. The summed E-state index contributed by atoms with van der Waals surface area (Å²) in [6, 6.07) is 12.2. The number of fused-ring (bicyclic) bond motifs is 1. The number of halogens is 1. The normalized spacial score (nSPS) is 11.4. The fraction of sp³-hybridized carbons (Fsp3) is 0.610. The fourth-order valence-corrected chi connectivity index (χ4v) is 6.17. The number of ether oxygens (including phenoxy) is 3. The molecule has 266 valence electrons. The molecule has 1 N–H and O–H groups in total. The van der Waals surface area contributed by atoms with Crippen molar-refractivity contribution in [3.05, 3.63) is 52.1 Å². The summed E-state index contributed by atoms with van der Waals surface area (Å²) < 4.78 is 20.4. The number of nitrogens with one attached hydrogen (secondary N) is 1. The van der Waals surface area contributed by atoms with E-state index in [1.54, 1.807) is 0 Å². The molecule has 6 nitrogen and oxygen atoms in total. The molecule has 0 radical (unpaired) electrons. The van der Waals surface area contributed by atoms with Crippen molar-refractivity contribution in [3.8, 4) is 17.2 Å². The zero-order valence-electron chi connectivity index (χ0n) is 30.4. The second kappa shape index (κ2) is 24.4. The van der Waals surface area contributed by atoms with Crippen molar-refractivity contribution < 1.29 is 14.2 Å². The van der Waals surface area contributed by atoms with Crippen LogP contribution in [0.25, 0.3) is 10.9 Å². The standard InChI is InChI=1S/C41H62BrN3O3/c1-5-8-11-14-17-20-25-46-39-29-34(32-43-45-38-28-33(4)44-37-24-23-35(42)31-36(37)38)30-40(47-26-21-18-15-12-9-6-2)41(39)48-27-22-19-16-13-10-7-3/h23-24,28-32H,5-22,25-27H2,1-4H3,(H,44,45)/b43-32+. The van der Waals surface area contributed by atoms with Crippen LogP contribution in [0, 0.1) is 6.92 Å². The lowest BCUT2D eigenvalue weighted by atomic mass is 10.1. The number of unbranched alkanes of at least 4 members (excludes halogenated alkanes) is 15. The SMILES string of the molecule is CCCCCCCCOc1cc(/C=N/Nc2cc(C)nc3ccc(Br)cc23)cc(OCCCCCCCC)c1OCCCCCCCC. The Morgan fingerprint density at radius 2 is 1.15 bits per heavy atom. The van der Waals surface area contributed by atoms with Crippen molar-refractivity contribution in [1.82, 2.24) is 4.98 Å². The van der Waals surface area contributed by atoms with E-state index in [1.807, 2.05) is 43.5 Å². The van der Waals surface area contributed by atoms with Gasteiger partial charge in [-0.05, 0) is 62.6 Å². The van der Waals surface area contributed by atoms with Gasteiger partial charge in [0.2, 0.25) is 5.75 Å². The van der Waals surface area contributed by atoms with E-state index in [-0.39, 0.29) is 0 Å². The zero-order valence-corrected chi connectivity index (χ0v) is 32.0. The molecule has 0 aliphatic rings. The van der Waals surface area contributed by atoms with Crippen molar-refractivity contribution in [3.63, 3.8) is 0 Å². The number of aromatic nitrogens is 1. The minimum atomic E-state index is 0.659. The summed E-state index contributed by atoms with van der Waals surface area (Å²) in [5.74, 6) is 2.21. The first-order chi connectivity index (χ1) is 23.5. The first-order valence-electron chi connectivity index (χ1n) is 19.0. The topological polar surface area (TPSA) is 65.0 Å². The van der Waals surface area contributed by atoms with Crippen LogP contribution in [0.15, 0.2) is 46.0 Å². The van der Waals surface area contributed by atoms with Crippen molar-refractivity contribution >= 4 is 38.7 Å². The van der Waals surface area contributed by atoms with Gasteiger partial charge in [-0.3, -0.25) is 10.4 Å². The van der Waals surface area contributed by atoms with Gasteiger partial charge in [-0.1, -0.05) is 133 Å². The molecule has 1 aromatic heterocycles. The summed E-state index contributed by atoms with van der Waals surface area (Å²) in [5.41, 5.74) is 6.95. The van der Waals surface area contributed by atoms with Gasteiger partial charge < -0.3 is 14.2 Å². The molecule has 1 heterocycles. The number of benzene rings is 2. The van der Waals surface area contributed by atoms with E-state index in [4.69, 9.17) is 14.2 Å². The minimum absolute atomic E-state index is 0.659. The Balaban J connectivity index is 1.80. The van der Waals surface area contributed by atoms with Gasteiger partial charge in [0.25, 0.3) is 0 Å². The number of hydrogen-bond acceptors (Lipinski definition) is 6. The Hall–Kier alpha value is -2.80. The van der Waals surface area contributed by atoms with Crippen molar-refractivity contribution in [2.75, 3.05) is 25.2 Å². The highest BCUT2D eigenvalue weighted by Gasteiger charge is 2.16. The molecule has 3 aromatic rings. The maximum Gasteiger partial charge on any atom is 0.203 e. The summed E-state index contributed by atoms with van der Waals surface area (Å²) in [6.07, 6.45) is 23.8. The molecule has 7 heteroatoms. The van der Waals surface area contributed by atoms with Crippen LogP contribution in [-0.2, 0) is 0 Å². The summed E-state index contributed by atoms with van der Waals surface area (Å²) in [5, 5.41) is 5.67. The average Bonchev–Trinajstić information content (AvgIpc) is 3.08. The Labute approximate surface area is 300 Å². The molecule has 0 fully saturated rings. The van der Waals surface area contributed by atoms with Gasteiger partial charge in [0.1, 0.15) is 0 Å². The lowest BCUT2D eigenvalue weighted by Crippen LogP contribution is -2.07. The Morgan fingerprint density at radius 1 is 0.646 bits per heavy atom. The first-order valence-corrected chi connectivity index (χ1v) is 19.8.